The molecule has 0 radical (unpaired) electrons. The van der Waals surface area contributed by atoms with Gasteiger partial charge in [-0.3, -0.25) is 4.79 Å². The Hall–Kier alpha value is -3.81. The number of nitrogens with one attached hydrogen (secondary N) is 1. The van der Waals surface area contributed by atoms with Crippen molar-refractivity contribution in [1.29, 1.82) is 0 Å². The molecule has 4 rings (SSSR count). The van der Waals surface area contributed by atoms with Crippen LogP contribution in [-0.2, 0) is 4.79 Å². The lowest BCUT2D eigenvalue weighted by Gasteiger charge is -2.31. The lowest BCUT2D eigenvalue weighted by molar-refractivity contribution is -0.127. The number of aromatic amines is 1. The maximum absolute atomic E-state index is 12.7. The van der Waals surface area contributed by atoms with Gasteiger partial charge in [0, 0.05) is 25.1 Å². The number of amides is 1. The molecule has 1 aromatic heterocycles. The van der Waals surface area contributed by atoms with Gasteiger partial charge in [-0.05, 0) is 55.7 Å². The van der Waals surface area contributed by atoms with Crippen LogP contribution < -0.4 is 15.2 Å². The molecular formula is C25H28N4O4. The van der Waals surface area contributed by atoms with E-state index >= 15 is 0 Å². The fourth-order valence-electron chi connectivity index (χ4n) is 4.11. The molecule has 0 saturated carbocycles. The van der Waals surface area contributed by atoms with Crippen molar-refractivity contribution in [2.45, 2.75) is 25.7 Å². The molecule has 0 bridgehead atoms. The van der Waals surface area contributed by atoms with E-state index in [2.05, 4.69) is 10.2 Å². The first-order chi connectivity index (χ1) is 16.0. The van der Waals surface area contributed by atoms with Crippen molar-refractivity contribution in [3.05, 3.63) is 76.0 Å². The Kier molecular flexibility index (Phi) is 6.63. The van der Waals surface area contributed by atoms with E-state index in [0.29, 0.717) is 24.6 Å². The summed E-state index contributed by atoms with van der Waals surface area (Å²) in [4.78, 5) is 27.0. The molecule has 0 spiro atoms. The van der Waals surface area contributed by atoms with Crippen LogP contribution in [0.15, 0.2) is 53.3 Å². The Morgan fingerprint density at radius 1 is 1.06 bits per heavy atom. The van der Waals surface area contributed by atoms with Gasteiger partial charge in [-0.15, -0.1) is 0 Å². The van der Waals surface area contributed by atoms with Crippen molar-refractivity contribution < 1.29 is 14.3 Å². The predicted molar refractivity (Wildman–Crippen MR) is 126 cm³/mol. The van der Waals surface area contributed by atoms with Crippen LogP contribution in [0.25, 0.3) is 11.8 Å². The van der Waals surface area contributed by atoms with Crippen molar-refractivity contribution in [2.24, 2.45) is 0 Å². The Morgan fingerprint density at radius 3 is 2.42 bits per heavy atom. The number of ether oxygens (including phenoxy) is 2. The Bertz CT molecular complexity index is 1200. The minimum atomic E-state index is -0.245. The summed E-state index contributed by atoms with van der Waals surface area (Å²) in [6.45, 7) is 3.22. The molecular weight excluding hydrogens is 420 g/mol. The topological polar surface area (TPSA) is 89.5 Å². The summed E-state index contributed by atoms with van der Waals surface area (Å²) in [6, 6.07) is 13.3. The number of piperidine rings is 1. The molecule has 1 aliphatic rings. The zero-order chi connectivity index (χ0) is 23.4. The minimum Gasteiger partial charge on any atom is -0.493 e. The third-order valence-corrected chi connectivity index (χ3v) is 5.99. The molecule has 0 atom stereocenters. The summed E-state index contributed by atoms with van der Waals surface area (Å²) in [6.07, 6.45) is 4.84. The van der Waals surface area contributed by atoms with Crippen molar-refractivity contribution in [1.82, 2.24) is 19.7 Å². The number of benzene rings is 2. The zero-order valence-electron chi connectivity index (χ0n) is 19.1. The van der Waals surface area contributed by atoms with Gasteiger partial charge in [0.15, 0.2) is 11.5 Å². The lowest BCUT2D eigenvalue weighted by atomic mass is 9.95. The highest BCUT2D eigenvalue weighted by molar-refractivity contribution is 5.92. The maximum atomic E-state index is 12.7. The first-order valence-electron chi connectivity index (χ1n) is 10.9. The molecule has 172 valence electrons. The highest BCUT2D eigenvalue weighted by Crippen LogP contribution is 2.29. The number of hydrogen-bond donors (Lipinski definition) is 1. The standard InChI is InChI=1S/C25H28N4O4/c1-17-4-8-20(9-5-17)29-24(26-27-25(29)31)19-12-14-28(15-13-19)23(30)11-7-18-6-10-21(32-2)22(16-18)33-3/h4-11,16,19H,12-15H2,1-3H3,(H,27,31)/b11-7+. The summed E-state index contributed by atoms with van der Waals surface area (Å²) in [5.74, 6) is 2.04. The average molecular weight is 449 g/mol. The molecule has 0 aliphatic carbocycles. The summed E-state index contributed by atoms with van der Waals surface area (Å²) in [5, 5.41) is 6.88. The van der Waals surface area contributed by atoms with E-state index < -0.39 is 0 Å². The largest absolute Gasteiger partial charge is 0.493 e. The molecule has 1 N–H and O–H groups in total. The summed E-state index contributed by atoms with van der Waals surface area (Å²) < 4.78 is 12.2. The summed E-state index contributed by atoms with van der Waals surface area (Å²) in [5.41, 5.74) is 2.54. The lowest BCUT2D eigenvalue weighted by Crippen LogP contribution is -2.37. The van der Waals surface area contributed by atoms with Gasteiger partial charge in [0.25, 0.3) is 0 Å². The van der Waals surface area contributed by atoms with Gasteiger partial charge < -0.3 is 14.4 Å². The van der Waals surface area contributed by atoms with E-state index in [9.17, 15) is 9.59 Å². The minimum absolute atomic E-state index is 0.0406. The smallest absolute Gasteiger partial charge is 0.347 e. The molecule has 1 fully saturated rings. The maximum Gasteiger partial charge on any atom is 0.347 e. The van der Waals surface area contributed by atoms with E-state index in [4.69, 9.17) is 9.47 Å². The number of carbonyl (C=O) groups excluding carboxylic acids is 1. The molecule has 0 unspecified atom stereocenters. The molecule has 3 aromatic rings. The van der Waals surface area contributed by atoms with Crippen molar-refractivity contribution in [3.8, 4) is 17.2 Å². The van der Waals surface area contributed by atoms with Crippen LogP contribution in [0.5, 0.6) is 11.5 Å². The highest BCUT2D eigenvalue weighted by Gasteiger charge is 2.27. The third-order valence-electron chi connectivity index (χ3n) is 5.99. The quantitative estimate of drug-likeness (QED) is 0.585. The van der Waals surface area contributed by atoms with Crippen molar-refractivity contribution >= 4 is 12.0 Å². The Balaban J connectivity index is 1.41. The van der Waals surface area contributed by atoms with Crippen LogP contribution in [0, 0.1) is 6.92 Å². The molecule has 8 nitrogen and oxygen atoms in total. The number of nitrogens with zero attached hydrogens (tertiary/aromatic N) is 3. The van der Waals surface area contributed by atoms with Crippen LogP contribution in [0.1, 0.15) is 35.7 Å². The number of hydrogen-bond acceptors (Lipinski definition) is 5. The van der Waals surface area contributed by atoms with E-state index in [1.54, 1.807) is 30.9 Å². The Morgan fingerprint density at radius 2 is 1.76 bits per heavy atom. The molecule has 1 saturated heterocycles. The third kappa shape index (κ3) is 4.84. The molecule has 33 heavy (non-hydrogen) atoms. The Labute approximate surface area is 192 Å². The van der Waals surface area contributed by atoms with Crippen molar-refractivity contribution in [2.75, 3.05) is 27.3 Å². The molecule has 8 heteroatoms. The number of rotatable bonds is 6. The molecule has 2 aromatic carbocycles. The SMILES string of the molecule is COc1ccc(/C=C/C(=O)N2CCC(c3n[nH]c(=O)n3-c3ccc(C)cc3)CC2)cc1OC. The van der Waals surface area contributed by atoms with Crippen LogP contribution in [0.4, 0.5) is 0 Å². The average Bonchev–Trinajstić information content (AvgIpc) is 3.24. The van der Waals surface area contributed by atoms with Crippen LogP contribution in [0.2, 0.25) is 0 Å². The normalized spacial score (nSPS) is 14.6. The fourth-order valence-corrected chi connectivity index (χ4v) is 4.11. The molecule has 2 heterocycles. The van der Waals surface area contributed by atoms with E-state index in [1.165, 1.54) is 0 Å². The van der Waals surface area contributed by atoms with E-state index in [-0.39, 0.29) is 17.5 Å². The number of aromatic nitrogens is 3. The predicted octanol–water partition coefficient (Wildman–Crippen LogP) is 3.31. The van der Waals surface area contributed by atoms with Crippen LogP contribution in [0.3, 0.4) is 0 Å². The zero-order valence-corrected chi connectivity index (χ0v) is 19.1. The van der Waals surface area contributed by atoms with Gasteiger partial charge in [0.1, 0.15) is 5.82 Å². The van der Waals surface area contributed by atoms with E-state index in [0.717, 1.165) is 35.5 Å². The summed E-state index contributed by atoms with van der Waals surface area (Å²) in [7, 11) is 3.17. The van der Waals surface area contributed by atoms with Gasteiger partial charge in [-0.2, -0.15) is 5.10 Å². The number of carbonyl (C=O) groups is 1. The van der Waals surface area contributed by atoms with Gasteiger partial charge >= 0.3 is 5.69 Å². The van der Waals surface area contributed by atoms with Gasteiger partial charge in [0.05, 0.1) is 19.9 Å². The second-order valence-electron chi connectivity index (χ2n) is 8.11. The fraction of sp³-hybridized carbons (Fsp3) is 0.320. The number of likely N-dealkylation sites (tertiary alicyclic amines) is 1. The van der Waals surface area contributed by atoms with Gasteiger partial charge in [-0.25, -0.2) is 14.5 Å². The second kappa shape index (κ2) is 9.77. The summed E-state index contributed by atoms with van der Waals surface area (Å²) >= 11 is 0. The number of methoxy groups -OCH3 is 2. The second-order valence-corrected chi connectivity index (χ2v) is 8.11. The van der Waals surface area contributed by atoms with Crippen LogP contribution in [-0.4, -0.2) is 52.9 Å². The van der Waals surface area contributed by atoms with Crippen molar-refractivity contribution in [3.63, 3.8) is 0 Å². The first kappa shape index (κ1) is 22.4. The molecule has 1 amide bonds. The number of H-pyrrole nitrogens is 1. The van der Waals surface area contributed by atoms with Crippen LogP contribution >= 0.6 is 0 Å². The van der Waals surface area contributed by atoms with Gasteiger partial charge in [0.2, 0.25) is 5.91 Å². The highest BCUT2D eigenvalue weighted by atomic mass is 16.5. The number of aryl methyl sites for hydroxylation is 1. The van der Waals surface area contributed by atoms with Gasteiger partial charge in [-0.1, -0.05) is 23.8 Å². The molecule has 1 aliphatic heterocycles. The monoisotopic (exact) mass is 448 g/mol. The first-order valence-corrected chi connectivity index (χ1v) is 10.9. The van der Waals surface area contributed by atoms with E-state index in [1.807, 2.05) is 54.3 Å².